The number of halogens is 1. The van der Waals surface area contributed by atoms with Crippen LogP contribution in [-0.2, 0) is 16.4 Å². The summed E-state index contributed by atoms with van der Waals surface area (Å²) in [5.74, 6) is 0.581. The van der Waals surface area contributed by atoms with Gasteiger partial charge in [0.2, 0.25) is 10.0 Å². The molecule has 3 atom stereocenters. The van der Waals surface area contributed by atoms with Gasteiger partial charge in [-0.2, -0.15) is 4.31 Å². The van der Waals surface area contributed by atoms with E-state index in [9.17, 15) is 8.42 Å². The van der Waals surface area contributed by atoms with E-state index in [-0.39, 0.29) is 23.0 Å². The third-order valence-electron chi connectivity index (χ3n) is 5.12. The Bertz CT molecular complexity index is 933. The third-order valence-corrected chi connectivity index (χ3v) is 7.21. The Hall–Kier alpha value is -1.60. The largest absolute Gasteiger partial charge is 0.489 e. The number of rotatable bonds is 3. The van der Waals surface area contributed by atoms with Crippen molar-refractivity contribution >= 4 is 21.6 Å². The maximum absolute atomic E-state index is 13.2. The standard InChI is InChI=1S/C19H21ClN2O3S/c1-12-7-14-8-15(9-17(20)19(14)25-12)26(23,24)22-10-16(18(21)11-22)13-5-3-2-4-6-13/h2-6,8-9,12,16,18H,7,10-11,21H2,1H3/t12?,16-,18+/m0/s1. The molecule has 2 aliphatic rings. The fraction of sp³-hybridized carbons (Fsp3) is 0.368. The van der Waals surface area contributed by atoms with Gasteiger partial charge in [0, 0.05) is 37.0 Å². The third kappa shape index (κ3) is 3.01. The first-order valence-electron chi connectivity index (χ1n) is 8.66. The molecule has 2 N–H and O–H groups in total. The minimum atomic E-state index is -3.66. The summed E-state index contributed by atoms with van der Waals surface area (Å²) < 4.78 is 33.4. The molecule has 1 saturated heterocycles. The van der Waals surface area contributed by atoms with Crippen molar-refractivity contribution in [1.82, 2.24) is 4.31 Å². The van der Waals surface area contributed by atoms with E-state index < -0.39 is 10.0 Å². The maximum Gasteiger partial charge on any atom is 0.243 e. The van der Waals surface area contributed by atoms with Gasteiger partial charge in [0.1, 0.15) is 11.9 Å². The molecule has 7 heteroatoms. The van der Waals surface area contributed by atoms with Crippen LogP contribution < -0.4 is 10.5 Å². The summed E-state index contributed by atoms with van der Waals surface area (Å²) in [4.78, 5) is 0.208. The Labute approximate surface area is 158 Å². The zero-order valence-electron chi connectivity index (χ0n) is 14.4. The molecule has 1 unspecified atom stereocenters. The lowest BCUT2D eigenvalue weighted by Gasteiger charge is -2.17. The normalized spacial score (nSPS) is 25.9. The van der Waals surface area contributed by atoms with Crippen LogP contribution in [0.3, 0.4) is 0 Å². The van der Waals surface area contributed by atoms with E-state index in [4.69, 9.17) is 22.1 Å². The topological polar surface area (TPSA) is 72.6 Å². The summed E-state index contributed by atoms with van der Waals surface area (Å²) in [6.45, 7) is 2.60. The van der Waals surface area contributed by atoms with Crippen LogP contribution in [0.15, 0.2) is 47.4 Å². The van der Waals surface area contributed by atoms with Gasteiger partial charge < -0.3 is 10.5 Å². The summed E-state index contributed by atoms with van der Waals surface area (Å²) in [7, 11) is -3.66. The second-order valence-corrected chi connectivity index (χ2v) is 9.37. The number of nitrogens with two attached hydrogens (primary N) is 1. The fourth-order valence-electron chi connectivity index (χ4n) is 3.80. The number of sulfonamides is 1. The van der Waals surface area contributed by atoms with E-state index in [1.807, 2.05) is 37.3 Å². The number of hydrogen-bond acceptors (Lipinski definition) is 4. The van der Waals surface area contributed by atoms with Gasteiger partial charge in [0.05, 0.1) is 9.92 Å². The summed E-state index contributed by atoms with van der Waals surface area (Å²) in [6.07, 6.45) is 0.660. The Morgan fingerprint density at radius 2 is 1.92 bits per heavy atom. The average Bonchev–Trinajstić information content (AvgIpc) is 3.18. The van der Waals surface area contributed by atoms with Gasteiger partial charge in [0.15, 0.2) is 0 Å². The molecule has 0 aliphatic carbocycles. The molecular weight excluding hydrogens is 372 g/mol. The Kier molecular flexibility index (Phi) is 4.47. The zero-order valence-corrected chi connectivity index (χ0v) is 16.0. The molecule has 0 aromatic heterocycles. The van der Waals surface area contributed by atoms with Crippen molar-refractivity contribution in [1.29, 1.82) is 0 Å². The highest BCUT2D eigenvalue weighted by atomic mass is 35.5. The van der Waals surface area contributed by atoms with E-state index in [2.05, 4.69) is 0 Å². The molecule has 0 radical (unpaired) electrons. The Morgan fingerprint density at radius 3 is 2.65 bits per heavy atom. The van der Waals surface area contributed by atoms with Crippen molar-refractivity contribution in [3.05, 3.63) is 58.6 Å². The van der Waals surface area contributed by atoms with Gasteiger partial charge in [0.25, 0.3) is 0 Å². The predicted molar refractivity (Wildman–Crippen MR) is 101 cm³/mol. The number of hydrogen-bond donors (Lipinski definition) is 1. The van der Waals surface area contributed by atoms with E-state index in [0.29, 0.717) is 30.3 Å². The molecular formula is C19H21ClN2O3S. The number of nitrogens with zero attached hydrogens (tertiary/aromatic N) is 1. The highest BCUT2D eigenvalue weighted by Gasteiger charge is 2.39. The van der Waals surface area contributed by atoms with Crippen LogP contribution >= 0.6 is 11.6 Å². The molecule has 2 aliphatic heterocycles. The lowest BCUT2D eigenvalue weighted by atomic mass is 9.95. The van der Waals surface area contributed by atoms with E-state index >= 15 is 0 Å². The smallest absolute Gasteiger partial charge is 0.243 e. The van der Waals surface area contributed by atoms with Crippen molar-refractivity contribution in [2.45, 2.75) is 36.3 Å². The first-order chi connectivity index (χ1) is 12.4. The number of fused-ring (bicyclic) bond motifs is 1. The van der Waals surface area contributed by atoms with Gasteiger partial charge in [-0.15, -0.1) is 0 Å². The zero-order chi connectivity index (χ0) is 18.5. The summed E-state index contributed by atoms with van der Waals surface area (Å²) in [6, 6.07) is 12.7. The summed E-state index contributed by atoms with van der Waals surface area (Å²) >= 11 is 6.27. The minimum absolute atomic E-state index is 0.00289. The van der Waals surface area contributed by atoms with Crippen LogP contribution in [0.4, 0.5) is 0 Å². The molecule has 5 nitrogen and oxygen atoms in total. The lowest BCUT2D eigenvalue weighted by molar-refractivity contribution is 0.255. The quantitative estimate of drug-likeness (QED) is 0.871. The van der Waals surface area contributed by atoms with Crippen LogP contribution in [0.1, 0.15) is 24.0 Å². The maximum atomic E-state index is 13.2. The molecule has 2 aromatic rings. The molecule has 2 heterocycles. The van der Waals surface area contributed by atoms with Crippen molar-refractivity contribution in [2.24, 2.45) is 5.73 Å². The SMILES string of the molecule is CC1Cc2cc(S(=O)(=O)N3C[C@@H](N)[C@H](c4ccccc4)C3)cc(Cl)c2O1. The van der Waals surface area contributed by atoms with Gasteiger partial charge in [-0.3, -0.25) is 0 Å². The monoisotopic (exact) mass is 392 g/mol. The molecule has 2 aromatic carbocycles. The molecule has 0 amide bonds. The highest BCUT2D eigenvalue weighted by molar-refractivity contribution is 7.89. The molecule has 1 fully saturated rings. The Balaban J connectivity index is 1.64. The molecule has 0 saturated carbocycles. The van der Waals surface area contributed by atoms with Gasteiger partial charge in [-0.25, -0.2) is 8.42 Å². The van der Waals surface area contributed by atoms with Crippen molar-refractivity contribution in [2.75, 3.05) is 13.1 Å². The first kappa shape index (κ1) is 17.8. The first-order valence-corrected chi connectivity index (χ1v) is 10.5. The summed E-state index contributed by atoms with van der Waals surface area (Å²) in [5, 5.41) is 0.341. The fourth-order valence-corrected chi connectivity index (χ4v) is 5.73. The number of benzene rings is 2. The van der Waals surface area contributed by atoms with Crippen molar-refractivity contribution in [3.8, 4) is 5.75 Å². The summed E-state index contributed by atoms with van der Waals surface area (Å²) in [5.41, 5.74) is 8.16. The Morgan fingerprint density at radius 1 is 1.19 bits per heavy atom. The molecule has 0 spiro atoms. The van der Waals surface area contributed by atoms with Gasteiger partial charge in [-0.05, 0) is 24.6 Å². The second-order valence-electron chi connectivity index (χ2n) is 7.03. The minimum Gasteiger partial charge on any atom is -0.489 e. The molecule has 4 rings (SSSR count). The van der Waals surface area contributed by atoms with Crippen LogP contribution in [0.25, 0.3) is 0 Å². The van der Waals surface area contributed by atoms with Crippen LogP contribution in [0, 0.1) is 0 Å². The van der Waals surface area contributed by atoms with Crippen LogP contribution in [0.2, 0.25) is 5.02 Å². The van der Waals surface area contributed by atoms with Crippen LogP contribution in [-0.4, -0.2) is 38.0 Å². The van der Waals surface area contributed by atoms with E-state index in [1.54, 1.807) is 6.07 Å². The highest BCUT2D eigenvalue weighted by Crippen LogP contribution is 2.39. The second kappa shape index (κ2) is 6.53. The van der Waals surface area contributed by atoms with Crippen molar-refractivity contribution in [3.63, 3.8) is 0 Å². The van der Waals surface area contributed by atoms with Crippen molar-refractivity contribution < 1.29 is 13.2 Å². The molecule has 26 heavy (non-hydrogen) atoms. The lowest BCUT2D eigenvalue weighted by Crippen LogP contribution is -2.32. The molecule has 138 valence electrons. The van der Waals surface area contributed by atoms with E-state index in [0.717, 1.165) is 11.1 Å². The van der Waals surface area contributed by atoms with Gasteiger partial charge >= 0.3 is 0 Å². The predicted octanol–water partition coefficient (Wildman–Crippen LogP) is 2.78. The van der Waals surface area contributed by atoms with Crippen LogP contribution in [0.5, 0.6) is 5.75 Å². The van der Waals surface area contributed by atoms with E-state index in [1.165, 1.54) is 10.4 Å². The van der Waals surface area contributed by atoms with Gasteiger partial charge in [-0.1, -0.05) is 41.9 Å². The molecule has 0 bridgehead atoms. The number of ether oxygens (including phenoxy) is 1. The average molecular weight is 393 g/mol.